The van der Waals surface area contributed by atoms with E-state index in [1.807, 2.05) is 25.1 Å². The molecule has 1 atom stereocenters. The van der Waals surface area contributed by atoms with E-state index in [1.165, 1.54) is 12.0 Å². The Bertz CT molecular complexity index is 471. The van der Waals surface area contributed by atoms with Gasteiger partial charge < -0.3 is 4.74 Å². The second kappa shape index (κ2) is 7.28. The Hall–Kier alpha value is -1.57. The molecule has 1 unspecified atom stereocenters. The molecule has 0 spiro atoms. The second-order valence-corrected chi connectivity index (χ2v) is 5.41. The Morgan fingerprint density at radius 2 is 1.95 bits per heavy atom. The minimum atomic E-state index is 0.251. The zero-order chi connectivity index (χ0) is 14.4. The molecule has 1 aliphatic carbocycles. The third kappa shape index (κ3) is 3.72. The van der Waals surface area contributed by atoms with Gasteiger partial charge in [0.15, 0.2) is 5.78 Å². The van der Waals surface area contributed by atoms with Gasteiger partial charge in [0.25, 0.3) is 0 Å². The molecular weight excluding hydrogens is 248 g/mol. The predicted molar refractivity (Wildman–Crippen MR) is 82.8 cm³/mol. The standard InChI is InChI=1S/C18H24O2/c1-3-5-6-15-7-8-16(13-18(15)19)14-9-11-17(12-10-14)20-4-2/h9-13,15H,3-8H2,1-2H3. The van der Waals surface area contributed by atoms with Gasteiger partial charge in [-0.15, -0.1) is 0 Å². The molecule has 0 fully saturated rings. The van der Waals surface area contributed by atoms with Gasteiger partial charge in [-0.05, 0) is 55.5 Å². The number of benzene rings is 1. The molecule has 0 radical (unpaired) electrons. The van der Waals surface area contributed by atoms with Crippen LogP contribution in [0.1, 0.15) is 51.5 Å². The summed E-state index contributed by atoms with van der Waals surface area (Å²) in [7, 11) is 0. The Kier molecular flexibility index (Phi) is 5.40. The van der Waals surface area contributed by atoms with Gasteiger partial charge in [-0.2, -0.15) is 0 Å². The molecule has 2 heteroatoms. The summed E-state index contributed by atoms with van der Waals surface area (Å²) in [5, 5.41) is 0. The van der Waals surface area contributed by atoms with Crippen LogP contribution in [0.25, 0.3) is 5.57 Å². The van der Waals surface area contributed by atoms with Crippen molar-refractivity contribution >= 4 is 11.4 Å². The normalized spacial score (nSPS) is 18.8. The van der Waals surface area contributed by atoms with Crippen LogP contribution in [0.2, 0.25) is 0 Å². The first kappa shape index (κ1) is 14.8. The highest BCUT2D eigenvalue weighted by Gasteiger charge is 2.22. The Labute approximate surface area is 121 Å². The molecule has 0 aliphatic heterocycles. The topological polar surface area (TPSA) is 26.3 Å². The summed E-state index contributed by atoms with van der Waals surface area (Å²) in [6, 6.07) is 8.06. The fraction of sp³-hybridized carbons (Fsp3) is 0.500. The van der Waals surface area contributed by atoms with Crippen molar-refractivity contribution in [2.75, 3.05) is 6.61 Å². The van der Waals surface area contributed by atoms with Crippen molar-refractivity contribution in [1.82, 2.24) is 0 Å². The first-order chi connectivity index (χ1) is 9.74. The SMILES string of the molecule is CCCCC1CCC(c2ccc(OCC)cc2)=CC1=O. The molecule has 0 amide bonds. The molecule has 1 aromatic rings. The number of hydrogen-bond donors (Lipinski definition) is 0. The fourth-order valence-corrected chi connectivity index (χ4v) is 2.73. The Morgan fingerprint density at radius 1 is 1.20 bits per heavy atom. The molecule has 1 aromatic carbocycles. The summed E-state index contributed by atoms with van der Waals surface area (Å²) >= 11 is 0. The van der Waals surface area contributed by atoms with E-state index in [0.717, 1.165) is 37.0 Å². The molecule has 20 heavy (non-hydrogen) atoms. The zero-order valence-electron chi connectivity index (χ0n) is 12.5. The van der Waals surface area contributed by atoms with E-state index in [-0.39, 0.29) is 5.92 Å². The highest BCUT2D eigenvalue weighted by Crippen LogP contribution is 2.31. The van der Waals surface area contributed by atoms with E-state index in [2.05, 4.69) is 19.1 Å². The Balaban J connectivity index is 2.04. The van der Waals surface area contributed by atoms with E-state index in [4.69, 9.17) is 4.74 Å². The van der Waals surface area contributed by atoms with E-state index in [0.29, 0.717) is 12.4 Å². The third-order valence-corrected chi connectivity index (χ3v) is 3.92. The van der Waals surface area contributed by atoms with Crippen molar-refractivity contribution in [3.63, 3.8) is 0 Å². The number of unbranched alkanes of at least 4 members (excludes halogenated alkanes) is 1. The second-order valence-electron chi connectivity index (χ2n) is 5.41. The van der Waals surface area contributed by atoms with Gasteiger partial charge in [0.2, 0.25) is 0 Å². The van der Waals surface area contributed by atoms with Gasteiger partial charge >= 0.3 is 0 Å². The minimum Gasteiger partial charge on any atom is -0.494 e. The van der Waals surface area contributed by atoms with Gasteiger partial charge in [-0.25, -0.2) is 0 Å². The molecule has 108 valence electrons. The summed E-state index contributed by atoms with van der Waals surface area (Å²) in [6.07, 6.45) is 7.23. The van der Waals surface area contributed by atoms with Crippen molar-refractivity contribution in [2.24, 2.45) is 5.92 Å². The number of carbonyl (C=O) groups excluding carboxylic acids is 1. The molecule has 0 saturated carbocycles. The summed E-state index contributed by atoms with van der Waals surface area (Å²) in [5.41, 5.74) is 2.32. The van der Waals surface area contributed by atoms with Crippen molar-refractivity contribution in [2.45, 2.75) is 46.0 Å². The number of ketones is 1. The number of hydrogen-bond acceptors (Lipinski definition) is 2. The lowest BCUT2D eigenvalue weighted by atomic mass is 9.83. The smallest absolute Gasteiger partial charge is 0.159 e. The van der Waals surface area contributed by atoms with Crippen molar-refractivity contribution in [1.29, 1.82) is 0 Å². The zero-order valence-corrected chi connectivity index (χ0v) is 12.5. The van der Waals surface area contributed by atoms with Gasteiger partial charge in [-0.1, -0.05) is 31.9 Å². The summed E-state index contributed by atoms with van der Waals surface area (Å²) in [6.45, 7) is 4.83. The molecule has 0 heterocycles. The van der Waals surface area contributed by atoms with E-state index in [9.17, 15) is 4.79 Å². The van der Waals surface area contributed by atoms with Crippen LogP contribution in [0.3, 0.4) is 0 Å². The number of allylic oxidation sites excluding steroid dienone is 2. The molecule has 0 bridgehead atoms. The molecule has 2 rings (SSSR count). The number of carbonyl (C=O) groups is 1. The summed E-state index contributed by atoms with van der Waals surface area (Å²) in [5.74, 6) is 1.45. The predicted octanol–water partition coefficient (Wildman–Crippen LogP) is 4.64. The third-order valence-electron chi connectivity index (χ3n) is 3.92. The average molecular weight is 272 g/mol. The summed E-state index contributed by atoms with van der Waals surface area (Å²) in [4.78, 5) is 12.2. The van der Waals surface area contributed by atoms with Crippen molar-refractivity contribution in [3.05, 3.63) is 35.9 Å². The highest BCUT2D eigenvalue weighted by atomic mass is 16.5. The van der Waals surface area contributed by atoms with Crippen LogP contribution in [0.5, 0.6) is 5.75 Å². The summed E-state index contributed by atoms with van der Waals surface area (Å²) < 4.78 is 5.44. The van der Waals surface area contributed by atoms with Crippen LogP contribution < -0.4 is 4.74 Å². The quantitative estimate of drug-likeness (QED) is 0.754. The van der Waals surface area contributed by atoms with Crippen LogP contribution in [0.15, 0.2) is 30.3 Å². The molecule has 0 aromatic heterocycles. The monoisotopic (exact) mass is 272 g/mol. The van der Waals surface area contributed by atoms with E-state index >= 15 is 0 Å². The van der Waals surface area contributed by atoms with E-state index < -0.39 is 0 Å². The molecule has 2 nitrogen and oxygen atoms in total. The largest absolute Gasteiger partial charge is 0.494 e. The minimum absolute atomic E-state index is 0.251. The number of ether oxygens (including phenoxy) is 1. The van der Waals surface area contributed by atoms with Gasteiger partial charge in [-0.3, -0.25) is 4.79 Å². The fourth-order valence-electron chi connectivity index (χ4n) is 2.73. The highest BCUT2D eigenvalue weighted by molar-refractivity contribution is 5.99. The maximum Gasteiger partial charge on any atom is 0.159 e. The van der Waals surface area contributed by atoms with Gasteiger partial charge in [0.05, 0.1) is 6.61 Å². The number of rotatable bonds is 6. The van der Waals surface area contributed by atoms with E-state index in [1.54, 1.807) is 0 Å². The lowest BCUT2D eigenvalue weighted by molar-refractivity contribution is -0.118. The van der Waals surface area contributed by atoms with Crippen LogP contribution in [0, 0.1) is 5.92 Å². The first-order valence-electron chi connectivity index (χ1n) is 7.72. The molecular formula is C18H24O2. The van der Waals surface area contributed by atoms with Crippen LogP contribution >= 0.6 is 0 Å². The maximum atomic E-state index is 12.2. The van der Waals surface area contributed by atoms with Crippen LogP contribution in [0.4, 0.5) is 0 Å². The first-order valence-corrected chi connectivity index (χ1v) is 7.72. The average Bonchev–Trinajstić information content (AvgIpc) is 2.47. The Morgan fingerprint density at radius 3 is 2.55 bits per heavy atom. The molecule has 1 aliphatic rings. The van der Waals surface area contributed by atoms with Crippen LogP contribution in [-0.2, 0) is 4.79 Å². The van der Waals surface area contributed by atoms with Gasteiger partial charge in [0.1, 0.15) is 5.75 Å². The van der Waals surface area contributed by atoms with Gasteiger partial charge in [0, 0.05) is 5.92 Å². The maximum absolute atomic E-state index is 12.2. The van der Waals surface area contributed by atoms with Crippen molar-refractivity contribution in [3.8, 4) is 5.75 Å². The van der Waals surface area contributed by atoms with Crippen molar-refractivity contribution < 1.29 is 9.53 Å². The lowest BCUT2D eigenvalue weighted by Gasteiger charge is -2.21. The molecule has 0 saturated heterocycles. The molecule has 0 N–H and O–H groups in total. The van der Waals surface area contributed by atoms with Crippen LogP contribution in [-0.4, -0.2) is 12.4 Å². The lowest BCUT2D eigenvalue weighted by Crippen LogP contribution is -2.17.